The van der Waals surface area contributed by atoms with Crippen LogP contribution in [0.15, 0.2) is 0 Å². The van der Waals surface area contributed by atoms with Crippen LogP contribution in [0.3, 0.4) is 0 Å². The van der Waals surface area contributed by atoms with E-state index in [2.05, 4.69) is 31.4 Å². The summed E-state index contributed by atoms with van der Waals surface area (Å²) in [4.78, 5) is 15.2. The molecular weight excluding hydrogens is 359 g/mol. The van der Waals surface area contributed by atoms with Crippen molar-refractivity contribution >= 4 is 27.1 Å². The molecule has 0 bridgehead atoms. The van der Waals surface area contributed by atoms with Crippen LogP contribution in [0.4, 0.5) is 0 Å². The largest absolute Gasteiger partial charge is 0.446 e. The maximum absolute atomic E-state index is 12.3. The minimum absolute atomic E-state index is 0.0307. The Bertz CT molecular complexity index is 507. The summed E-state index contributed by atoms with van der Waals surface area (Å²) >= 11 is 0. The minimum atomic E-state index is -3.86. The average Bonchev–Trinajstić information content (AvgIpc) is 2.55. The van der Waals surface area contributed by atoms with Crippen molar-refractivity contribution in [2.75, 3.05) is 14.2 Å². The molecule has 25 heavy (non-hydrogen) atoms. The van der Waals surface area contributed by atoms with Crippen LogP contribution in [0.25, 0.3) is 5.53 Å². The smallest absolute Gasteiger partial charge is 0.415 e. The Hall–Kier alpha value is -0.623. The minimum Gasteiger partial charge on any atom is -0.415 e. The summed E-state index contributed by atoms with van der Waals surface area (Å²) in [6.07, 6.45) is 5.95. The molecule has 0 saturated carbocycles. The van der Waals surface area contributed by atoms with Crippen LogP contribution in [0.1, 0.15) is 51.9 Å². The molecule has 0 rings (SSSR count). The molecule has 0 aromatic heterocycles. The number of carbonyl (C=O) groups excluding carboxylic acids is 1. The van der Waals surface area contributed by atoms with Crippen LogP contribution < -0.4 is 0 Å². The van der Waals surface area contributed by atoms with Gasteiger partial charge in [-0.3, -0.25) is 4.79 Å². The zero-order valence-corrected chi connectivity index (χ0v) is 18.3. The second-order valence-electron chi connectivity index (χ2n) is 6.95. The van der Waals surface area contributed by atoms with E-state index < -0.39 is 27.1 Å². The fourth-order valence-corrected chi connectivity index (χ4v) is 4.73. The number of carbonyl (C=O) groups is 1. The highest BCUT2D eigenvalue weighted by Gasteiger charge is 2.43. The van der Waals surface area contributed by atoms with Crippen molar-refractivity contribution in [3.05, 3.63) is 5.53 Å². The predicted molar refractivity (Wildman–Crippen MR) is 101 cm³/mol. The predicted octanol–water partition coefficient (Wildman–Crippen LogP) is 4.64. The van der Waals surface area contributed by atoms with Crippen LogP contribution >= 0.6 is 7.60 Å². The first-order valence-corrected chi connectivity index (χ1v) is 13.7. The standard InChI is InChI=1S/C16H33N2O5PSi/c1-7-8-9-10-11-14(23-25(4,5)6)12-13-15(19)16(18-17)24(20,21-2)22-3/h14H,7-13H2,1-6H3. The molecule has 9 heteroatoms. The lowest BCUT2D eigenvalue weighted by Crippen LogP contribution is -2.32. The van der Waals surface area contributed by atoms with Crippen molar-refractivity contribution in [3.8, 4) is 0 Å². The van der Waals surface area contributed by atoms with E-state index in [1.54, 1.807) is 0 Å². The Morgan fingerprint density at radius 1 is 1.12 bits per heavy atom. The molecule has 1 unspecified atom stereocenters. The number of hydrogen-bond acceptors (Lipinski definition) is 5. The molecule has 0 aliphatic rings. The molecule has 0 aliphatic heterocycles. The van der Waals surface area contributed by atoms with Gasteiger partial charge in [-0.1, -0.05) is 32.6 Å². The lowest BCUT2D eigenvalue weighted by atomic mass is 10.0. The Labute approximate surface area is 152 Å². The van der Waals surface area contributed by atoms with Gasteiger partial charge < -0.3 is 19.0 Å². The lowest BCUT2D eigenvalue weighted by Gasteiger charge is -2.26. The maximum atomic E-state index is 12.3. The van der Waals surface area contributed by atoms with Gasteiger partial charge >= 0.3 is 13.0 Å². The third kappa shape index (κ3) is 9.59. The van der Waals surface area contributed by atoms with Crippen molar-refractivity contribution in [1.82, 2.24) is 0 Å². The Morgan fingerprint density at radius 3 is 2.16 bits per heavy atom. The van der Waals surface area contributed by atoms with E-state index in [1.807, 2.05) is 0 Å². The fraction of sp³-hybridized carbons (Fsp3) is 0.875. The van der Waals surface area contributed by atoms with Gasteiger partial charge in [0.15, 0.2) is 8.32 Å². The van der Waals surface area contributed by atoms with Gasteiger partial charge in [0.05, 0.1) is 0 Å². The topological polar surface area (TPSA) is 98.2 Å². The normalized spacial score (nSPS) is 13.4. The maximum Gasteiger partial charge on any atom is 0.446 e. The van der Waals surface area contributed by atoms with Crippen molar-refractivity contribution in [1.29, 1.82) is 0 Å². The number of nitrogens with zero attached hydrogens (tertiary/aromatic N) is 2. The van der Waals surface area contributed by atoms with Crippen molar-refractivity contribution in [2.45, 2.75) is 77.6 Å². The van der Waals surface area contributed by atoms with Gasteiger partial charge in [0, 0.05) is 26.7 Å². The summed E-state index contributed by atoms with van der Waals surface area (Å²) < 4.78 is 27.9. The van der Waals surface area contributed by atoms with Crippen molar-refractivity contribution < 1.29 is 27.6 Å². The molecule has 0 saturated heterocycles. The highest BCUT2D eigenvalue weighted by atomic mass is 31.2. The molecule has 0 radical (unpaired) electrons. The third-order valence-corrected chi connectivity index (χ3v) is 6.54. The summed E-state index contributed by atoms with van der Waals surface area (Å²) in [5.41, 5.74) is 8.50. The van der Waals surface area contributed by atoms with E-state index in [-0.39, 0.29) is 12.5 Å². The van der Waals surface area contributed by atoms with Gasteiger partial charge in [-0.15, -0.1) is 0 Å². The molecule has 146 valence electrons. The molecule has 0 fully saturated rings. The monoisotopic (exact) mass is 392 g/mol. The van der Waals surface area contributed by atoms with E-state index in [9.17, 15) is 9.36 Å². The number of hydrogen-bond donors (Lipinski definition) is 0. The number of unbranched alkanes of at least 4 members (excludes halogenated alkanes) is 3. The van der Waals surface area contributed by atoms with Crippen LogP contribution in [0, 0.1) is 0 Å². The molecule has 0 aliphatic carbocycles. The van der Waals surface area contributed by atoms with Crippen LogP contribution in [-0.4, -0.2) is 44.7 Å². The second kappa shape index (κ2) is 11.9. The number of Topliss-reactive ketones (excluding diaryl/α,β-unsaturated/α-hetero) is 1. The third-order valence-electron chi connectivity index (χ3n) is 3.68. The highest BCUT2D eigenvalue weighted by Crippen LogP contribution is 2.47. The summed E-state index contributed by atoms with van der Waals surface area (Å²) in [6.45, 7) is 8.49. The summed E-state index contributed by atoms with van der Waals surface area (Å²) in [6, 6.07) is 0. The summed E-state index contributed by atoms with van der Waals surface area (Å²) in [5, 5.41) is 0. The van der Waals surface area contributed by atoms with E-state index >= 15 is 0 Å². The number of ketones is 1. The number of rotatable bonds is 14. The molecule has 0 amide bonds. The molecule has 0 aromatic carbocycles. The van der Waals surface area contributed by atoms with Gasteiger partial charge in [-0.25, -0.2) is 4.57 Å². The average molecular weight is 393 g/mol. The van der Waals surface area contributed by atoms with Gasteiger partial charge in [0.1, 0.15) is 0 Å². The zero-order chi connectivity index (χ0) is 19.5. The summed E-state index contributed by atoms with van der Waals surface area (Å²) in [7, 11) is -3.31. The van der Waals surface area contributed by atoms with Gasteiger partial charge in [0.25, 0.3) is 5.78 Å². The van der Waals surface area contributed by atoms with E-state index in [0.717, 1.165) is 39.9 Å². The lowest BCUT2D eigenvalue weighted by molar-refractivity contribution is -0.117. The van der Waals surface area contributed by atoms with Crippen LogP contribution in [-0.2, 0) is 22.8 Å². The fourth-order valence-electron chi connectivity index (χ4n) is 2.48. The first-order valence-electron chi connectivity index (χ1n) is 8.78. The van der Waals surface area contributed by atoms with Gasteiger partial charge in [-0.05, 0) is 32.5 Å². The molecule has 0 N–H and O–H groups in total. The Kier molecular flexibility index (Phi) is 11.6. The molecule has 0 spiro atoms. The SMILES string of the molecule is CCCCCCC(CCC(=O)C(=[N+]=[N-])P(=O)(OC)OC)O[Si](C)(C)C. The van der Waals surface area contributed by atoms with Crippen LogP contribution in [0.5, 0.6) is 0 Å². The second-order valence-corrected chi connectivity index (χ2v) is 13.6. The van der Waals surface area contributed by atoms with Gasteiger partial charge in [-0.2, -0.15) is 4.79 Å². The molecular formula is C16H33N2O5PSi. The van der Waals surface area contributed by atoms with E-state index in [0.29, 0.717) is 6.42 Å². The van der Waals surface area contributed by atoms with E-state index in [4.69, 9.17) is 19.0 Å². The van der Waals surface area contributed by atoms with Crippen molar-refractivity contribution in [3.63, 3.8) is 0 Å². The van der Waals surface area contributed by atoms with Gasteiger partial charge in [0.2, 0.25) is 0 Å². The Morgan fingerprint density at radius 2 is 1.72 bits per heavy atom. The first-order chi connectivity index (χ1) is 11.6. The summed E-state index contributed by atoms with van der Waals surface area (Å²) in [5.74, 6) is -0.549. The molecule has 0 aromatic rings. The molecule has 7 nitrogen and oxygen atoms in total. The zero-order valence-electron chi connectivity index (χ0n) is 16.4. The highest BCUT2D eigenvalue weighted by molar-refractivity contribution is 7.74. The molecule has 1 atom stereocenters. The van der Waals surface area contributed by atoms with Crippen molar-refractivity contribution in [2.24, 2.45) is 0 Å². The van der Waals surface area contributed by atoms with Crippen LogP contribution in [0.2, 0.25) is 19.6 Å². The first kappa shape index (κ1) is 24.4. The molecule has 0 heterocycles. The van der Waals surface area contributed by atoms with E-state index in [1.165, 1.54) is 6.42 Å². The Balaban J connectivity index is 4.87. The quantitative estimate of drug-likeness (QED) is 0.107.